The van der Waals surface area contributed by atoms with Gasteiger partial charge >= 0.3 is 0 Å². The largest absolute Gasteiger partial charge is 0.331 e. The fourth-order valence-electron chi connectivity index (χ4n) is 8.21. The first-order chi connectivity index (χ1) is 26.6. The van der Waals surface area contributed by atoms with Crippen LogP contribution in [0.3, 0.4) is 0 Å². The summed E-state index contributed by atoms with van der Waals surface area (Å²) in [5, 5.41) is 0. The highest BCUT2D eigenvalue weighted by Crippen LogP contribution is 2.57. The van der Waals surface area contributed by atoms with Crippen molar-refractivity contribution in [3.05, 3.63) is 162 Å². The van der Waals surface area contributed by atoms with Gasteiger partial charge in [-0.05, 0) is 95.8 Å². The van der Waals surface area contributed by atoms with Crippen molar-refractivity contribution in [2.75, 3.05) is 7.05 Å². The van der Waals surface area contributed by atoms with E-state index in [4.69, 9.17) is 24.9 Å². The van der Waals surface area contributed by atoms with Gasteiger partial charge in [-0.1, -0.05) is 61.4 Å². The van der Waals surface area contributed by atoms with E-state index in [9.17, 15) is 0 Å². The highest BCUT2D eigenvalue weighted by molar-refractivity contribution is 6.12. The molecule has 5 aromatic heterocycles. The molecular formula is C44H34N10. The summed E-state index contributed by atoms with van der Waals surface area (Å²) >= 11 is 0. The van der Waals surface area contributed by atoms with Crippen molar-refractivity contribution < 1.29 is 0 Å². The zero-order chi connectivity index (χ0) is 36.1. The predicted octanol–water partition coefficient (Wildman–Crippen LogP) is 8.13. The molecule has 0 saturated heterocycles. The van der Waals surface area contributed by atoms with E-state index in [0.717, 1.165) is 54.0 Å². The Morgan fingerprint density at radius 1 is 0.556 bits per heavy atom. The molecule has 3 aliphatic rings. The van der Waals surface area contributed by atoms with E-state index >= 15 is 0 Å². The Bertz CT molecular complexity index is 2510. The van der Waals surface area contributed by atoms with Crippen LogP contribution in [-0.2, 0) is 5.41 Å². The SMILES string of the molecule is CN1C(c2ccccn2)=NC(c2ccc3c(c2)C2(CCCC2)c2cc(-c4nc(-c5ccccn5)nc(-c5ccccn5)n4)ccc2-3)=NC1c1ccccn1. The molecular weight excluding hydrogens is 669 g/mol. The average molecular weight is 703 g/mol. The lowest BCUT2D eigenvalue weighted by Gasteiger charge is -2.31. The van der Waals surface area contributed by atoms with E-state index in [1.165, 1.54) is 22.3 Å². The van der Waals surface area contributed by atoms with Crippen LogP contribution in [0.2, 0.25) is 0 Å². The van der Waals surface area contributed by atoms with Crippen LogP contribution in [0.5, 0.6) is 0 Å². The Morgan fingerprint density at radius 3 is 1.67 bits per heavy atom. The molecule has 1 spiro atoms. The zero-order valence-corrected chi connectivity index (χ0v) is 29.6. The molecule has 1 saturated carbocycles. The third-order valence-electron chi connectivity index (χ3n) is 10.8. The third kappa shape index (κ3) is 5.37. The minimum absolute atomic E-state index is 0.142. The van der Waals surface area contributed by atoms with Crippen molar-refractivity contribution >= 4 is 11.7 Å². The number of aliphatic imine (C=N–C) groups is 2. The van der Waals surface area contributed by atoms with Gasteiger partial charge in [0.05, 0.1) is 5.69 Å². The topological polar surface area (TPSA) is 118 Å². The summed E-state index contributed by atoms with van der Waals surface area (Å²) in [6.45, 7) is 0. The maximum absolute atomic E-state index is 5.22. The maximum atomic E-state index is 5.22. The highest BCUT2D eigenvalue weighted by Gasteiger charge is 2.45. The third-order valence-corrected chi connectivity index (χ3v) is 10.8. The van der Waals surface area contributed by atoms with Gasteiger partial charge in [-0.25, -0.2) is 24.9 Å². The van der Waals surface area contributed by atoms with Crippen molar-refractivity contribution in [2.45, 2.75) is 37.3 Å². The molecule has 260 valence electrons. The number of aromatic nitrogens is 7. The standard InChI is InChI=1S/C44H34N10/c1-54-42(36-14-4-10-24-47-36)52-39(53-43(54)37-15-5-11-25-48-37)29-17-19-31-30-18-16-28(26-32(30)44(33(31)27-29)20-6-7-21-44)38-49-40(34-12-2-8-22-45-34)51-41(50-38)35-13-3-9-23-46-35/h2-5,8-19,22-27,42H,6-7,20-21H2,1H3. The zero-order valence-electron chi connectivity index (χ0n) is 29.6. The van der Waals surface area contributed by atoms with Crippen LogP contribution in [-0.4, -0.2) is 58.5 Å². The van der Waals surface area contributed by atoms with Crippen LogP contribution in [0.1, 0.15) is 59.9 Å². The van der Waals surface area contributed by atoms with E-state index in [1.807, 2.05) is 86.0 Å². The van der Waals surface area contributed by atoms with E-state index in [0.29, 0.717) is 34.7 Å². The van der Waals surface area contributed by atoms with Crippen molar-refractivity contribution in [1.29, 1.82) is 0 Å². The number of nitrogens with zero attached hydrogens (tertiary/aromatic N) is 10. The van der Waals surface area contributed by atoms with Gasteiger partial charge in [0, 0.05) is 48.4 Å². The van der Waals surface area contributed by atoms with Gasteiger partial charge < -0.3 is 4.90 Å². The molecule has 0 radical (unpaired) electrons. The normalized spacial score (nSPS) is 16.8. The summed E-state index contributed by atoms with van der Waals surface area (Å²) < 4.78 is 0. The van der Waals surface area contributed by atoms with Gasteiger partial charge in [0.25, 0.3) is 0 Å². The Hall–Kier alpha value is -6.81. The number of rotatable bonds is 6. The number of benzene rings is 2. The Labute approximate surface area is 312 Å². The molecule has 10 heteroatoms. The van der Waals surface area contributed by atoms with Gasteiger partial charge in [-0.15, -0.1) is 0 Å². The first-order valence-electron chi connectivity index (χ1n) is 18.3. The van der Waals surface area contributed by atoms with Gasteiger partial charge in [0.2, 0.25) is 0 Å². The predicted molar refractivity (Wildman–Crippen MR) is 208 cm³/mol. The maximum Gasteiger partial charge on any atom is 0.182 e. The van der Waals surface area contributed by atoms with Crippen molar-refractivity contribution in [3.63, 3.8) is 0 Å². The molecule has 2 aliphatic carbocycles. The fourth-order valence-corrected chi connectivity index (χ4v) is 8.21. The molecule has 1 unspecified atom stereocenters. The Kier molecular flexibility index (Phi) is 7.68. The van der Waals surface area contributed by atoms with Crippen molar-refractivity contribution in [2.24, 2.45) is 9.98 Å². The van der Waals surface area contributed by atoms with Crippen LogP contribution in [0.4, 0.5) is 0 Å². The molecule has 1 atom stereocenters. The van der Waals surface area contributed by atoms with Crippen LogP contribution in [0, 0.1) is 0 Å². The van der Waals surface area contributed by atoms with E-state index < -0.39 is 0 Å². The smallest absolute Gasteiger partial charge is 0.182 e. The molecule has 7 aromatic rings. The first-order valence-corrected chi connectivity index (χ1v) is 18.3. The highest BCUT2D eigenvalue weighted by atomic mass is 15.3. The minimum Gasteiger partial charge on any atom is -0.331 e. The van der Waals surface area contributed by atoms with E-state index in [2.05, 4.69) is 61.2 Å². The Morgan fingerprint density at radius 2 is 1.09 bits per heavy atom. The molecule has 2 aromatic carbocycles. The van der Waals surface area contributed by atoms with Gasteiger partial charge in [-0.3, -0.25) is 19.9 Å². The summed E-state index contributed by atoms with van der Waals surface area (Å²) in [6.07, 6.45) is 11.2. The summed E-state index contributed by atoms with van der Waals surface area (Å²) in [7, 11) is 2.00. The van der Waals surface area contributed by atoms with Crippen LogP contribution < -0.4 is 0 Å². The molecule has 6 heterocycles. The molecule has 10 nitrogen and oxygen atoms in total. The van der Waals surface area contributed by atoms with E-state index in [1.54, 1.807) is 18.6 Å². The van der Waals surface area contributed by atoms with Gasteiger partial charge in [-0.2, -0.15) is 0 Å². The van der Waals surface area contributed by atoms with Crippen LogP contribution >= 0.6 is 0 Å². The lowest BCUT2D eigenvalue weighted by molar-refractivity contribution is 0.374. The van der Waals surface area contributed by atoms with Crippen molar-refractivity contribution in [1.82, 2.24) is 39.8 Å². The second-order valence-corrected chi connectivity index (χ2v) is 13.9. The molecule has 1 aliphatic heterocycles. The lowest BCUT2D eigenvalue weighted by atomic mass is 9.76. The summed E-state index contributed by atoms with van der Waals surface area (Å²) in [5.74, 6) is 3.05. The number of amidine groups is 2. The summed E-state index contributed by atoms with van der Waals surface area (Å²) in [6, 6.07) is 36.8. The molecule has 54 heavy (non-hydrogen) atoms. The molecule has 1 fully saturated rings. The average Bonchev–Trinajstić information content (AvgIpc) is 3.85. The number of fused-ring (bicyclic) bond motifs is 5. The quantitative estimate of drug-likeness (QED) is 0.171. The number of hydrogen-bond donors (Lipinski definition) is 0. The molecule has 0 N–H and O–H groups in total. The molecule has 10 rings (SSSR count). The molecule has 0 bridgehead atoms. The monoisotopic (exact) mass is 702 g/mol. The fraction of sp³-hybridized carbons (Fsp3) is 0.159. The van der Waals surface area contributed by atoms with E-state index in [-0.39, 0.29) is 11.6 Å². The lowest BCUT2D eigenvalue weighted by Crippen LogP contribution is -2.36. The van der Waals surface area contributed by atoms with Crippen LogP contribution in [0.15, 0.2) is 144 Å². The second-order valence-electron chi connectivity index (χ2n) is 13.9. The second kappa shape index (κ2) is 13.0. The Balaban J connectivity index is 1.09. The first kappa shape index (κ1) is 31.9. The molecule has 0 amide bonds. The van der Waals surface area contributed by atoms with Gasteiger partial charge in [0.1, 0.15) is 17.1 Å². The van der Waals surface area contributed by atoms with Crippen molar-refractivity contribution in [3.8, 4) is 45.6 Å². The van der Waals surface area contributed by atoms with Gasteiger partial charge in [0.15, 0.2) is 35.3 Å². The van der Waals surface area contributed by atoms with Crippen LogP contribution in [0.25, 0.3) is 45.6 Å². The summed E-state index contributed by atoms with van der Waals surface area (Å²) in [4.78, 5) is 45.6. The number of pyridine rings is 4. The minimum atomic E-state index is -0.350. The summed E-state index contributed by atoms with van der Waals surface area (Å²) in [5.41, 5.74) is 9.93. The number of hydrogen-bond acceptors (Lipinski definition) is 10.